The molecule has 3 rings (SSSR count). The van der Waals surface area contributed by atoms with Crippen LogP contribution in [0.15, 0.2) is 0 Å². The van der Waals surface area contributed by atoms with Crippen LogP contribution < -0.4 is 0 Å². The van der Waals surface area contributed by atoms with Crippen LogP contribution in [0, 0.1) is 0 Å². The fraction of sp³-hybridized carbons (Fsp3) is 1.00. The van der Waals surface area contributed by atoms with E-state index in [1.165, 1.54) is 0 Å². The monoisotopic (exact) mass is 668 g/mol. The third kappa shape index (κ3) is 8.80. The maximum Gasteiger partial charge on any atom is 0.187 e. The van der Waals surface area contributed by atoms with Gasteiger partial charge >= 0.3 is 0 Å². The van der Waals surface area contributed by atoms with E-state index in [-0.39, 0.29) is 0 Å². The van der Waals surface area contributed by atoms with E-state index in [1.807, 2.05) is 0 Å². The second kappa shape index (κ2) is 17.0. The molecule has 3 fully saturated rings. The number of hydrogen-bond donors (Lipinski definition) is 15. The van der Waals surface area contributed by atoms with Crippen LogP contribution in [0.3, 0.4) is 0 Å². The Hall–Kier alpha value is -0.840. The molecule has 0 amide bonds. The smallest absolute Gasteiger partial charge is 0.187 e. The average Bonchev–Trinajstić information content (AvgIpc) is 3.48. The van der Waals surface area contributed by atoms with Crippen molar-refractivity contribution in [3.8, 4) is 0 Å². The molecule has 0 aliphatic carbocycles. The summed E-state index contributed by atoms with van der Waals surface area (Å²) < 4.78 is 32.1. The highest BCUT2D eigenvalue weighted by Crippen LogP contribution is 2.31. The molecule has 0 unspecified atom stereocenters. The van der Waals surface area contributed by atoms with E-state index in [0.29, 0.717) is 0 Å². The molecule has 45 heavy (non-hydrogen) atoms. The number of aliphatic hydroxyl groups is 15. The van der Waals surface area contributed by atoms with Gasteiger partial charge in [-0.15, -0.1) is 0 Å². The molecule has 15 N–H and O–H groups in total. The van der Waals surface area contributed by atoms with Gasteiger partial charge in [-0.3, -0.25) is 0 Å². The molecule has 0 aromatic heterocycles. The van der Waals surface area contributed by atoms with Crippen molar-refractivity contribution in [2.45, 2.75) is 117 Å². The van der Waals surface area contributed by atoms with Gasteiger partial charge in [-0.1, -0.05) is 0 Å². The molecule has 3 saturated heterocycles. The first-order chi connectivity index (χ1) is 21.2. The van der Waals surface area contributed by atoms with E-state index in [1.54, 1.807) is 0 Å². The Labute approximate surface area is 255 Å². The summed E-state index contributed by atoms with van der Waals surface area (Å²) in [5.74, 6) is 0. The highest BCUT2D eigenvalue weighted by molar-refractivity contribution is 4.95. The summed E-state index contributed by atoms with van der Waals surface area (Å²) in [6.45, 7) is -4.12. The first-order valence-corrected chi connectivity index (χ1v) is 14.0. The van der Waals surface area contributed by atoms with E-state index < -0.39 is 150 Å². The normalized spacial score (nSPS) is 43.1. The Morgan fingerprint density at radius 2 is 1.04 bits per heavy atom. The Kier molecular flexibility index (Phi) is 14.6. The predicted octanol–water partition coefficient (Wildman–Crippen LogP) is -10.1. The van der Waals surface area contributed by atoms with Crippen molar-refractivity contribution in [3.63, 3.8) is 0 Å². The van der Waals surface area contributed by atoms with Gasteiger partial charge in [0, 0.05) is 0 Å². The van der Waals surface area contributed by atoms with Crippen molar-refractivity contribution in [2.75, 3.05) is 33.0 Å². The summed E-state index contributed by atoms with van der Waals surface area (Å²) in [5, 5.41) is 149. The van der Waals surface area contributed by atoms with E-state index in [2.05, 4.69) is 0 Å². The Morgan fingerprint density at radius 3 is 1.64 bits per heavy atom. The van der Waals surface area contributed by atoms with Gasteiger partial charge in [-0.05, 0) is 0 Å². The molecule has 0 aromatic rings. The lowest BCUT2D eigenvalue weighted by Gasteiger charge is -2.40. The number of hydrogen-bond acceptors (Lipinski definition) is 21. The molecule has 0 bridgehead atoms. The first-order valence-electron chi connectivity index (χ1n) is 14.0. The van der Waals surface area contributed by atoms with Crippen LogP contribution in [0.4, 0.5) is 0 Å². The zero-order valence-corrected chi connectivity index (χ0v) is 23.7. The second-order valence-corrected chi connectivity index (χ2v) is 11.0. The maximum atomic E-state index is 10.5. The molecule has 0 spiro atoms. The molecule has 3 aliphatic heterocycles. The van der Waals surface area contributed by atoms with Gasteiger partial charge in [0.1, 0.15) is 97.7 Å². The molecular weight excluding hydrogens is 624 g/mol. The van der Waals surface area contributed by atoms with E-state index >= 15 is 0 Å². The van der Waals surface area contributed by atoms with Crippen molar-refractivity contribution in [3.05, 3.63) is 0 Å². The summed E-state index contributed by atoms with van der Waals surface area (Å²) in [4.78, 5) is 0. The van der Waals surface area contributed by atoms with Gasteiger partial charge in [-0.25, -0.2) is 0 Å². The third-order valence-electron chi connectivity index (χ3n) is 7.78. The molecule has 3 aliphatic rings. The zero-order chi connectivity index (χ0) is 33.7. The van der Waals surface area contributed by atoms with Crippen LogP contribution in [-0.2, 0) is 28.4 Å². The minimum absolute atomic E-state index is 0.680. The lowest BCUT2D eigenvalue weighted by Crippen LogP contribution is -2.60. The van der Waals surface area contributed by atoms with Crippen molar-refractivity contribution < 1.29 is 105 Å². The lowest BCUT2D eigenvalue weighted by atomic mass is 9.99. The van der Waals surface area contributed by atoms with Gasteiger partial charge in [0.2, 0.25) is 0 Å². The Balaban J connectivity index is 1.57. The van der Waals surface area contributed by atoms with Crippen LogP contribution in [0.2, 0.25) is 0 Å². The highest BCUT2D eigenvalue weighted by Gasteiger charge is 2.52. The summed E-state index contributed by atoms with van der Waals surface area (Å²) in [6.07, 6.45) is -32.9. The van der Waals surface area contributed by atoms with Gasteiger partial charge < -0.3 is 105 Å². The average molecular weight is 669 g/mol. The minimum Gasteiger partial charge on any atom is -0.394 e. The third-order valence-corrected chi connectivity index (χ3v) is 7.78. The fourth-order valence-corrected chi connectivity index (χ4v) is 4.96. The van der Waals surface area contributed by atoms with Gasteiger partial charge in [0.15, 0.2) is 18.9 Å². The molecule has 0 saturated carbocycles. The summed E-state index contributed by atoms with van der Waals surface area (Å²) in [6, 6.07) is 0. The fourth-order valence-electron chi connectivity index (χ4n) is 4.96. The summed E-state index contributed by atoms with van der Waals surface area (Å²) in [7, 11) is 0. The number of rotatable bonds is 16. The van der Waals surface area contributed by atoms with Crippen LogP contribution in [0.5, 0.6) is 0 Å². The molecule has 19 atom stereocenters. The lowest BCUT2D eigenvalue weighted by molar-refractivity contribution is -0.315. The summed E-state index contributed by atoms with van der Waals surface area (Å²) in [5.41, 5.74) is 0. The highest BCUT2D eigenvalue weighted by atomic mass is 16.8. The van der Waals surface area contributed by atoms with Crippen LogP contribution in [0.25, 0.3) is 0 Å². The minimum atomic E-state index is -2.00. The van der Waals surface area contributed by atoms with Gasteiger partial charge in [0.25, 0.3) is 0 Å². The maximum absolute atomic E-state index is 10.5. The van der Waals surface area contributed by atoms with Gasteiger partial charge in [0.05, 0.1) is 33.0 Å². The number of ether oxygens (including phenoxy) is 6. The second-order valence-electron chi connectivity index (χ2n) is 11.0. The first kappa shape index (κ1) is 38.6. The van der Waals surface area contributed by atoms with E-state index in [9.17, 15) is 66.4 Å². The number of aliphatic hydroxyl groups excluding tert-OH is 15. The largest absolute Gasteiger partial charge is 0.394 e. The summed E-state index contributed by atoms with van der Waals surface area (Å²) >= 11 is 0. The molecular formula is C24H44O21. The van der Waals surface area contributed by atoms with Crippen LogP contribution >= 0.6 is 0 Å². The quantitative estimate of drug-likeness (QED) is 0.0725. The van der Waals surface area contributed by atoms with E-state index in [4.69, 9.17) is 38.6 Å². The van der Waals surface area contributed by atoms with Crippen molar-refractivity contribution in [1.82, 2.24) is 0 Å². The van der Waals surface area contributed by atoms with Crippen LogP contribution in [0.1, 0.15) is 0 Å². The SMILES string of the molecule is OC[C@@H](O)[C@@H](O)[C@H](O)[C@H](O)CO[C@H]1O[C@H](CO[C@@H]2O[C@@H]([C@@H](CO)O[C@@H]3O[C@@H]([C@H](O)CO)[C@H](O)[C@H]3O)[C@H](O)[C@H]2O)[C@@H](O)[C@H](O)[C@@H]1O. The van der Waals surface area contributed by atoms with Crippen molar-refractivity contribution in [2.24, 2.45) is 0 Å². The Morgan fingerprint density at radius 1 is 0.511 bits per heavy atom. The predicted molar refractivity (Wildman–Crippen MR) is 136 cm³/mol. The molecule has 21 heteroatoms. The Bertz CT molecular complexity index is 873. The molecule has 0 aromatic carbocycles. The molecule has 3 heterocycles. The zero-order valence-electron chi connectivity index (χ0n) is 23.7. The van der Waals surface area contributed by atoms with Crippen molar-refractivity contribution in [1.29, 1.82) is 0 Å². The molecule has 266 valence electrons. The molecule has 21 nitrogen and oxygen atoms in total. The van der Waals surface area contributed by atoms with Gasteiger partial charge in [-0.2, -0.15) is 0 Å². The van der Waals surface area contributed by atoms with E-state index in [0.717, 1.165) is 0 Å². The molecule has 0 radical (unpaired) electrons. The van der Waals surface area contributed by atoms with Crippen LogP contribution in [-0.4, -0.2) is 226 Å². The topological polar surface area (TPSA) is 359 Å². The van der Waals surface area contributed by atoms with Crippen molar-refractivity contribution >= 4 is 0 Å². The standard InChI is InChI=1S/C24H44O21/c25-1-6(28)11(31)12(32)8(30)4-40-22-17(37)14(34)13(33)10(43-22)5-41-23-18(38)16(36)21(45-23)9(3-27)42-24-19(39)15(35)20(44-24)7(29)2-26/h6-39H,1-5H2/t6-,7-,8-,9-,10-,11-,12-,13-,14+,15-,16-,17+,18-,19-,20+,21+,22+,23-,24-/m1/s1.